The number of ether oxygens (including phenoxy) is 2. The molecular weight excluding hydrogens is 234 g/mol. The molecule has 0 unspecified atom stereocenters. The quantitative estimate of drug-likeness (QED) is 0.751. The molecule has 1 aromatic rings. The van der Waals surface area contributed by atoms with E-state index in [0.29, 0.717) is 18.9 Å². The first-order valence-corrected chi connectivity index (χ1v) is 5.84. The van der Waals surface area contributed by atoms with Crippen molar-refractivity contribution in [1.82, 2.24) is 5.32 Å². The van der Waals surface area contributed by atoms with Crippen molar-refractivity contribution >= 4 is 5.97 Å². The van der Waals surface area contributed by atoms with Gasteiger partial charge in [-0.15, -0.1) is 0 Å². The molecule has 0 fully saturated rings. The number of aromatic hydroxyl groups is 1. The molecule has 0 aliphatic heterocycles. The lowest BCUT2D eigenvalue weighted by Crippen LogP contribution is -2.34. The van der Waals surface area contributed by atoms with E-state index in [0.717, 1.165) is 5.56 Å². The number of methoxy groups -OCH3 is 1. The lowest BCUT2D eigenvalue weighted by atomic mass is 10.2. The summed E-state index contributed by atoms with van der Waals surface area (Å²) in [7, 11) is 1.36. The van der Waals surface area contributed by atoms with Crippen molar-refractivity contribution in [3.63, 3.8) is 0 Å². The van der Waals surface area contributed by atoms with Crippen LogP contribution in [0.2, 0.25) is 0 Å². The number of phenolic OH excluding ortho intramolecular Hbond substituents is 1. The van der Waals surface area contributed by atoms with E-state index in [1.54, 1.807) is 25.1 Å². The van der Waals surface area contributed by atoms with Gasteiger partial charge in [0.1, 0.15) is 6.04 Å². The van der Waals surface area contributed by atoms with E-state index >= 15 is 0 Å². The molecule has 0 spiro atoms. The highest BCUT2D eigenvalue weighted by atomic mass is 16.5. The van der Waals surface area contributed by atoms with Crippen molar-refractivity contribution in [2.75, 3.05) is 13.7 Å². The summed E-state index contributed by atoms with van der Waals surface area (Å²) in [5.74, 6) is 0.253. The fourth-order valence-electron chi connectivity index (χ4n) is 1.47. The van der Waals surface area contributed by atoms with Gasteiger partial charge in [0.05, 0.1) is 13.7 Å². The summed E-state index contributed by atoms with van der Waals surface area (Å²) >= 11 is 0. The van der Waals surface area contributed by atoms with Gasteiger partial charge in [0, 0.05) is 6.54 Å². The predicted octanol–water partition coefficient (Wildman–Crippen LogP) is 1.44. The number of hydrogen-bond acceptors (Lipinski definition) is 5. The molecule has 0 aliphatic carbocycles. The Kier molecular flexibility index (Phi) is 5.45. The molecule has 0 radical (unpaired) electrons. The van der Waals surface area contributed by atoms with E-state index in [9.17, 15) is 9.90 Å². The lowest BCUT2D eigenvalue weighted by Gasteiger charge is -2.12. The van der Waals surface area contributed by atoms with Crippen LogP contribution >= 0.6 is 0 Å². The van der Waals surface area contributed by atoms with Crippen LogP contribution < -0.4 is 10.1 Å². The Hall–Kier alpha value is -1.75. The Bertz CT molecular complexity index is 406. The second-order valence-corrected chi connectivity index (χ2v) is 3.86. The first-order chi connectivity index (χ1) is 8.58. The highest BCUT2D eigenvalue weighted by Gasteiger charge is 2.12. The van der Waals surface area contributed by atoms with Crippen LogP contribution in [0.1, 0.15) is 19.4 Å². The maximum Gasteiger partial charge on any atom is 0.322 e. The highest BCUT2D eigenvalue weighted by molar-refractivity contribution is 5.75. The van der Waals surface area contributed by atoms with Crippen LogP contribution in [0, 0.1) is 0 Å². The summed E-state index contributed by atoms with van der Waals surface area (Å²) in [5.41, 5.74) is 0.923. The second-order valence-electron chi connectivity index (χ2n) is 3.86. The zero-order valence-electron chi connectivity index (χ0n) is 10.9. The van der Waals surface area contributed by atoms with Crippen LogP contribution in [0.15, 0.2) is 18.2 Å². The molecular formula is C13H19NO4. The molecule has 0 saturated carbocycles. The van der Waals surface area contributed by atoms with Gasteiger partial charge in [0.15, 0.2) is 11.5 Å². The normalized spacial score (nSPS) is 11.9. The molecule has 1 atom stereocenters. The summed E-state index contributed by atoms with van der Waals surface area (Å²) in [6, 6.07) is 4.72. The van der Waals surface area contributed by atoms with Gasteiger partial charge in [0.2, 0.25) is 0 Å². The van der Waals surface area contributed by atoms with Crippen molar-refractivity contribution in [2.24, 2.45) is 0 Å². The van der Waals surface area contributed by atoms with E-state index in [4.69, 9.17) is 4.74 Å². The molecule has 18 heavy (non-hydrogen) atoms. The maximum atomic E-state index is 11.2. The Labute approximate surface area is 107 Å². The third-order valence-corrected chi connectivity index (χ3v) is 2.49. The first-order valence-electron chi connectivity index (χ1n) is 5.84. The first kappa shape index (κ1) is 14.3. The molecule has 0 heterocycles. The minimum Gasteiger partial charge on any atom is -0.504 e. The van der Waals surface area contributed by atoms with Crippen LogP contribution in [0.5, 0.6) is 11.5 Å². The van der Waals surface area contributed by atoms with Gasteiger partial charge in [-0.3, -0.25) is 4.79 Å². The number of carbonyl (C=O) groups is 1. The van der Waals surface area contributed by atoms with Crippen LogP contribution in [0.3, 0.4) is 0 Å². The number of benzene rings is 1. The summed E-state index contributed by atoms with van der Waals surface area (Å²) in [6.07, 6.45) is 0. The molecule has 5 heteroatoms. The van der Waals surface area contributed by atoms with Crippen LogP contribution in [-0.2, 0) is 16.1 Å². The highest BCUT2D eigenvalue weighted by Crippen LogP contribution is 2.26. The zero-order chi connectivity index (χ0) is 13.5. The van der Waals surface area contributed by atoms with Crippen LogP contribution in [-0.4, -0.2) is 30.8 Å². The van der Waals surface area contributed by atoms with E-state index in [1.807, 2.05) is 6.92 Å². The van der Waals surface area contributed by atoms with Crippen molar-refractivity contribution in [3.05, 3.63) is 23.8 Å². The fourth-order valence-corrected chi connectivity index (χ4v) is 1.47. The number of hydrogen-bond donors (Lipinski definition) is 2. The second kappa shape index (κ2) is 6.86. The minimum absolute atomic E-state index is 0.113. The minimum atomic E-state index is -0.376. The SMILES string of the molecule is CCOc1cc(CN[C@@H](C)C(=O)OC)ccc1O. The number of phenols is 1. The van der Waals surface area contributed by atoms with Crippen LogP contribution in [0.4, 0.5) is 0 Å². The summed E-state index contributed by atoms with van der Waals surface area (Å²) < 4.78 is 9.90. The van der Waals surface area contributed by atoms with Gasteiger partial charge >= 0.3 is 5.97 Å². The molecule has 0 saturated heterocycles. The van der Waals surface area contributed by atoms with Gasteiger partial charge < -0.3 is 19.9 Å². The predicted molar refractivity (Wildman–Crippen MR) is 67.6 cm³/mol. The Morgan fingerprint density at radius 2 is 2.22 bits per heavy atom. The van der Waals surface area contributed by atoms with Crippen molar-refractivity contribution < 1.29 is 19.4 Å². The Balaban J connectivity index is 2.62. The Morgan fingerprint density at radius 1 is 1.50 bits per heavy atom. The molecule has 0 amide bonds. The van der Waals surface area contributed by atoms with E-state index in [2.05, 4.69) is 10.1 Å². The number of esters is 1. The average Bonchev–Trinajstić information content (AvgIpc) is 2.38. The topological polar surface area (TPSA) is 67.8 Å². The molecule has 5 nitrogen and oxygen atoms in total. The van der Waals surface area contributed by atoms with E-state index in [-0.39, 0.29) is 17.8 Å². The molecule has 100 valence electrons. The molecule has 0 bridgehead atoms. The fraction of sp³-hybridized carbons (Fsp3) is 0.462. The third-order valence-electron chi connectivity index (χ3n) is 2.49. The van der Waals surface area contributed by atoms with E-state index in [1.165, 1.54) is 7.11 Å². The standard InChI is InChI=1S/C13H19NO4/c1-4-18-12-7-10(5-6-11(12)15)8-14-9(2)13(16)17-3/h5-7,9,14-15H,4,8H2,1-3H3/t9-/m0/s1. The maximum absolute atomic E-state index is 11.2. The number of carbonyl (C=O) groups excluding carboxylic acids is 1. The van der Waals surface area contributed by atoms with Gasteiger partial charge in [-0.05, 0) is 31.5 Å². The zero-order valence-corrected chi connectivity index (χ0v) is 10.9. The molecule has 1 rings (SSSR count). The molecule has 2 N–H and O–H groups in total. The average molecular weight is 253 g/mol. The van der Waals surface area contributed by atoms with Crippen molar-refractivity contribution in [1.29, 1.82) is 0 Å². The van der Waals surface area contributed by atoms with Gasteiger partial charge in [-0.2, -0.15) is 0 Å². The van der Waals surface area contributed by atoms with Crippen molar-refractivity contribution in [2.45, 2.75) is 26.4 Å². The van der Waals surface area contributed by atoms with E-state index < -0.39 is 0 Å². The van der Waals surface area contributed by atoms with Gasteiger partial charge in [-0.1, -0.05) is 6.07 Å². The van der Waals surface area contributed by atoms with Crippen molar-refractivity contribution in [3.8, 4) is 11.5 Å². The summed E-state index contributed by atoms with van der Waals surface area (Å²) in [6.45, 7) is 4.57. The molecule has 0 aromatic heterocycles. The smallest absolute Gasteiger partial charge is 0.322 e. The number of nitrogens with one attached hydrogen (secondary N) is 1. The Morgan fingerprint density at radius 3 is 2.83 bits per heavy atom. The van der Waals surface area contributed by atoms with Crippen LogP contribution in [0.25, 0.3) is 0 Å². The van der Waals surface area contributed by atoms with Gasteiger partial charge in [0.25, 0.3) is 0 Å². The van der Waals surface area contributed by atoms with Gasteiger partial charge in [-0.25, -0.2) is 0 Å². The molecule has 0 aliphatic rings. The summed E-state index contributed by atoms with van der Waals surface area (Å²) in [4.78, 5) is 11.2. The largest absolute Gasteiger partial charge is 0.504 e. The molecule has 1 aromatic carbocycles. The monoisotopic (exact) mass is 253 g/mol. The third kappa shape index (κ3) is 3.92. The summed E-state index contributed by atoms with van der Waals surface area (Å²) in [5, 5.41) is 12.6. The lowest BCUT2D eigenvalue weighted by molar-refractivity contribution is -0.142. The number of rotatable bonds is 6.